The third kappa shape index (κ3) is 8.69. The number of nitrogens with one attached hydrogen (secondary N) is 2. The normalized spacial score (nSPS) is 12.6. The summed E-state index contributed by atoms with van der Waals surface area (Å²) in [6.45, 7) is 8.38. The minimum absolute atomic E-state index is 0.0143. The molecule has 0 spiro atoms. The van der Waals surface area contributed by atoms with E-state index in [4.69, 9.17) is 9.47 Å². The van der Waals surface area contributed by atoms with E-state index in [0.717, 1.165) is 4.90 Å². The molecule has 0 heterocycles. The lowest BCUT2D eigenvalue weighted by Crippen LogP contribution is -2.53. The lowest BCUT2D eigenvalue weighted by molar-refractivity contribution is -0.140. The van der Waals surface area contributed by atoms with E-state index in [1.807, 2.05) is 19.9 Å². The molecule has 38 heavy (non-hydrogen) atoms. The van der Waals surface area contributed by atoms with Crippen molar-refractivity contribution in [3.63, 3.8) is 0 Å². The van der Waals surface area contributed by atoms with Gasteiger partial charge in [-0.3, -0.25) is 9.59 Å². The molecule has 10 nitrogen and oxygen atoms in total. The second-order valence-corrected chi connectivity index (χ2v) is 10.1. The fraction of sp³-hybridized carbons (Fsp3) is 0.429. The molecule has 3 N–H and O–H groups in total. The molecular formula is C28H36N4O6. The zero-order valence-electron chi connectivity index (χ0n) is 22.6. The van der Waals surface area contributed by atoms with E-state index in [-0.39, 0.29) is 23.7 Å². The van der Waals surface area contributed by atoms with Crippen LogP contribution in [0.3, 0.4) is 0 Å². The predicted molar refractivity (Wildman–Crippen MR) is 142 cm³/mol. The monoisotopic (exact) mass is 524 g/mol. The molecule has 2 atom stereocenters. The van der Waals surface area contributed by atoms with E-state index in [0.29, 0.717) is 11.4 Å². The second kappa shape index (κ2) is 13.3. The van der Waals surface area contributed by atoms with Crippen LogP contribution in [0.1, 0.15) is 52.6 Å². The highest BCUT2D eigenvalue weighted by molar-refractivity contribution is 5.99. The van der Waals surface area contributed by atoms with Crippen molar-refractivity contribution < 1.29 is 29.0 Å². The highest BCUT2D eigenvalue weighted by Crippen LogP contribution is 2.31. The summed E-state index contributed by atoms with van der Waals surface area (Å²) in [5.74, 6) is -0.963. The summed E-state index contributed by atoms with van der Waals surface area (Å²) >= 11 is 0. The zero-order valence-corrected chi connectivity index (χ0v) is 22.6. The molecule has 0 aliphatic carbocycles. The van der Waals surface area contributed by atoms with Crippen molar-refractivity contribution in [3.05, 3.63) is 54.1 Å². The summed E-state index contributed by atoms with van der Waals surface area (Å²) in [7, 11) is 1.52. The maximum atomic E-state index is 13.9. The van der Waals surface area contributed by atoms with Gasteiger partial charge in [0.1, 0.15) is 35.7 Å². The summed E-state index contributed by atoms with van der Waals surface area (Å²) < 4.78 is 10.5. The molecule has 0 bridgehead atoms. The van der Waals surface area contributed by atoms with Crippen LogP contribution in [0.25, 0.3) is 0 Å². The van der Waals surface area contributed by atoms with Crippen molar-refractivity contribution in [2.24, 2.45) is 5.92 Å². The fourth-order valence-electron chi connectivity index (χ4n) is 3.77. The summed E-state index contributed by atoms with van der Waals surface area (Å²) in [5.41, 5.74) is -0.243. The van der Waals surface area contributed by atoms with Gasteiger partial charge in [0.25, 0.3) is 5.91 Å². The number of nitrogens with zero attached hydrogens (tertiary/aromatic N) is 2. The number of rotatable bonds is 10. The van der Waals surface area contributed by atoms with Gasteiger partial charge in [-0.15, -0.1) is 0 Å². The smallest absolute Gasteiger partial charge is 0.408 e. The summed E-state index contributed by atoms with van der Waals surface area (Å²) in [4.78, 5) is 41.1. The zero-order chi connectivity index (χ0) is 28.5. The van der Waals surface area contributed by atoms with Gasteiger partial charge >= 0.3 is 6.09 Å². The Bertz CT molecular complexity index is 1150. The first-order valence-electron chi connectivity index (χ1n) is 12.3. The molecule has 204 valence electrons. The van der Waals surface area contributed by atoms with E-state index in [1.165, 1.54) is 19.2 Å². The summed E-state index contributed by atoms with van der Waals surface area (Å²) in [5, 5.41) is 25.6. The number of amides is 3. The van der Waals surface area contributed by atoms with Crippen LogP contribution in [0.4, 0.5) is 10.5 Å². The summed E-state index contributed by atoms with van der Waals surface area (Å²) in [6.07, 6.45) is -0.566. The first-order valence-corrected chi connectivity index (χ1v) is 12.3. The number of ether oxygens (including phenoxy) is 2. The molecule has 0 aliphatic rings. The molecule has 0 radical (unpaired) electrons. The Kier molecular flexibility index (Phi) is 10.5. The number of phenolic OH excluding ortho intramolecular Hbond substituents is 1. The second-order valence-electron chi connectivity index (χ2n) is 10.1. The molecule has 0 aromatic heterocycles. The maximum Gasteiger partial charge on any atom is 0.408 e. The van der Waals surface area contributed by atoms with Gasteiger partial charge in [-0.25, -0.2) is 4.79 Å². The standard InChI is InChI=1S/C28H36N4O6/c1-18(2)17-22(31-27(36)38-28(3,4)5)26(35)32(16-15-29)24(21-9-7-8-10-23(21)33)25(34)30-19-11-13-20(37-6)14-12-19/h7-14,18,22,24,33H,16-17H2,1-6H3,(H,30,34)(H,31,36). The van der Waals surface area contributed by atoms with Crippen LogP contribution in [0.15, 0.2) is 48.5 Å². The van der Waals surface area contributed by atoms with Crippen LogP contribution in [0.2, 0.25) is 0 Å². The third-order valence-electron chi connectivity index (χ3n) is 5.37. The lowest BCUT2D eigenvalue weighted by atomic mass is 9.98. The first-order chi connectivity index (χ1) is 17.9. The van der Waals surface area contributed by atoms with Gasteiger partial charge in [-0.1, -0.05) is 32.0 Å². The van der Waals surface area contributed by atoms with Gasteiger partial charge in [-0.2, -0.15) is 5.26 Å². The number of phenols is 1. The maximum absolute atomic E-state index is 13.9. The van der Waals surface area contributed by atoms with Gasteiger partial charge in [-0.05, 0) is 63.4 Å². The number of alkyl carbamates (subject to hydrolysis) is 1. The van der Waals surface area contributed by atoms with Crippen LogP contribution in [-0.4, -0.2) is 53.2 Å². The molecule has 2 aromatic rings. The summed E-state index contributed by atoms with van der Waals surface area (Å²) in [6, 6.07) is 12.1. The van der Waals surface area contributed by atoms with Gasteiger partial charge in [0.05, 0.1) is 13.2 Å². The number of hydrogen-bond acceptors (Lipinski definition) is 7. The van der Waals surface area contributed by atoms with Crippen LogP contribution in [0, 0.1) is 17.2 Å². The number of para-hydroxylation sites is 1. The van der Waals surface area contributed by atoms with Crippen LogP contribution in [0.5, 0.6) is 11.5 Å². The van der Waals surface area contributed by atoms with E-state index in [1.54, 1.807) is 57.2 Å². The highest BCUT2D eigenvalue weighted by Gasteiger charge is 2.37. The van der Waals surface area contributed by atoms with Crippen molar-refractivity contribution in [1.29, 1.82) is 5.26 Å². The molecule has 10 heteroatoms. The van der Waals surface area contributed by atoms with Crippen molar-refractivity contribution in [1.82, 2.24) is 10.2 Å². The first kappa shape index (κ1) is 30.0. The SMILES string of the molecule is COc1ccc(NC(=O)C(c2ccccc2O)N(CC#N)C(=O)C(CC(C)C)NC(=O)OC(C)(C)C)cc1. The molecule has 2 aromatic carbocycles. The predicted octanol–water partition coefficient (Wildman–Crippen LogP) is 4.37. The average molecular weight is 525 g/mol. The minimum Gasteiger partial charge on any atom is -0.508 e. The number of aromatic hydroxyl groups is 1. The Morgan fingerprint density at radius 1 is 1.08 bits per heavy atom. The molecule has 2 rings (SSSR count). The van der Waals surface area contributed by atoms with Crippen molar-refractivity contribution in [3.8, 4) is 17.6 Å². The molecule has 2 unspecified atom stereocenters. The van der Waals surface area contributed by atoms with Crippen molar-refractivity contribution in [2.75, 3.05) is 19.0 Å². The Morgan fingerprint density at radius 2 is 1.71 bits per heavy atom. The van der Waals surface area contributed by atoms with Gasteiger partial charge in [0.2, 0.25) is 5.91 Å². The van der Waals surface area contributed by atoms with Gasteiger partial charge in [0, 0.05) is 11.3 Å². The number of carbonyl (C=O) groups excluding carboxylic acids is 3. The number of benzene rings is 2. The molecule has 0 saturated carbocycles. The number of nitriles is 1. The molecular weight excluding hydrogens is 488 g/mol. The Balaban J connectivity index is 2.50. The van der Waals surface area contributed by atoms with Gasteiger partial charge in [0.15, 0.2) is 0 Å². The molecule has 3 amide bonds. The van der Waals surface area contributed by atoms with Gasteiger partial charge < -0.3 is 30.1 Å². The van der Waals surface area contributed by atoms with E-state index >= 15 is 0 Å². The topological polar surface area (TPSA) is 141 Å². The number of carbonyl (C=O) groups is 3. The Hall–Kier alpha value is -4.26. The van der Waals surface area contributed by atoms with E-state index in [2.05, 4.69) is 10.6 Å². The number of methoxy groups -OCH3 is 1. The Morgan fingerprint density at radius 3 is 2.24 bits per heavy atom. The average Bonchev–Trinajstić information content (AvgIpc) is 2.83. The van der Waals surface area contributed by atoms with Crippen LogP contribution < -0.4 is 15.4 Å². The quantitative estimate of drug-likeness (QED) is 0.392. The highest BCUT2D eigenvalue weighted by atomic mass is 16.6. The molecule has 0 aliphatic heterocycles. The van der Waals surface area contributed by atoms with E-state index in [9.17, 15) is 24.8 Å². The Labute approximate surface area is 223 Å². The number of hydrogen-bond donors (Lipinski definition) is 3. The lowest BCUT2D eigenvalue weighted by Gasteiger charge is -2.33. The number of anilines is 1. The minimum atomic E-state index is -1.37. The van der Waals surface area contributed by atoms with Crippen LogP contribution >= 0.6 is 0 Å². The van der Waals surface area contributed by atoms with Crippen LogP contribution in [-0.2, 0) is 14.3 Å². The van der Waals surface area contributed by atoms with Crippen molar-refractivity contribution >= 4 is 23.6 Å². The third-order valence-corrected chi connectivity index (χ3v) is 5.37. The van der Waals surface area contributed by atoms with Crippen molar-refractivity contribution in [2.45, 2.75) is 58.7 Å². The fourth-order valence-corrected chi connectivity index (χ4v) is 3.77. The largest absolute Gasteiger partial charge is 0.508 e. The van der Waals surface area contributed by atoms with E-state index < -0.39 is 42.1 Å². The molecule has 0 fully saturated rings. The molecule has 0 saturated heterocycles.